The third-order valence-electron chi connectivity index (χ3n) is 6.79. The average molecular weight is 466 g/mol. The standard InChI is InChI=1S/C25H35N3O.2ClH/c1-4-22(20-11-7-5-8-12-20)23(19-26)24(29)28-17-15-25(16-18-28,27(2)3)21-13-9-6-10-14-21;;/h5-14,22-23H,4,15-19,26H2,1-3H3;2*1H/t22-,23+;;/m0../s1. The number of nitrogens with zero attached hydrogens (tertiary/aromatic N) is 2. The molecule has 0 radical (unpaired) electrons. The molecule has 2 atom stereocenters. The minimum atomic E-state index is -0.161. The van der Waals surface area contributed by atoms with E-state index in [0.717, 1.165) is 32.4 Å². The molecule has 0 saturated carbocycles. The van der Waals surface area contributed by atoms with Crippen LogP contribution in [-0.4, -0.2) is 49.4 Å². The van der Waals surface area contributed by atoms with Crippen LogP contribution in [-0.2, 0) is 10.3 Å². The van der Waals surface area contributed by atoms with Gasteiger partial charge in [0.05, 0.1) is 5.92 Å². The first-order valence-corrected chi connectivity index (χ1v) is 10.8. The van der Waals surface area contributed by atoms with Gasteiger partial charge in [0.25, 0.3) is 0 Å². The minimum absolute atomic E-state index is 0. The summed E-state index contributed by atoms with van der Waals surface area (Å²) < 4.78 is 0. The second-order valence-electron chi connectivity index (χ2n) is 8.38. The van der Waals surface area contributed by atoms with Gasteiger partial charge in [-0.25, -0.2) is 0 Å². The van der Waals surface area contributed by atoms with Gasteiger partial charge in [-0.2, -0.15) is 0 Å². The summed E-state index contributed by atoms with van der Waals surface area (Å²) in [5.41, 5.74) is 8.66. The van der Waals surface area contributed by atoms with Crippen molar-refractivity contribution in [1.29, 1.82) is 0 Å². The molecule has 1 aliphatic rings. The number of amides is 1. The quantitative estimate of drug-likeness (QED) is 0.645. The first-order valence-electron chi connectivity index (χ1n) is 10.8. The predicted molar refractivity (Wildman–Crippen MR) is 134 cm³/mol. The molecule has 0 unspecified atom stereocenters. The Balaban J connectivity index is 0.00000240. The molecule has 1 saturated heterocycles. The number of hydrogen-bond acceptors (Lipinski definition) is 3. The first kappa shape index (κ1) is 27.4. The zero-order valence-corrected chi connectivity index (χ0v) is 20.5. The molecule has 0 aliphatic carbocycles. The zero-order chi connectivity index (χ0) is 20.9. The van der Waals surface area contributed by atoms with Gasteiger partial charge in [-0.15, -0.1) is 24.8 Å². The van der Waals surface area contributed by atoms with E-state index < -0.39 is 0 Å². The zero-order valence-electron chi connectivity index (χ0n) is 18.9. The summed E-state index contributed by atoms with van der Waals surface area (Å²) in [6.07, 6.45) is 2.79. The van der Waals surface area contributed by atoms with Crippen LogP contribution in [0.4, 0.5) is 0 Å². The van der Waals surface area contributed by atoms with Gasteiger partial charge in [0, 0.05) is 25.2 Å². The lowest BCUT2D eigenvalue weighted by atomic mass is 9.78. The Kier molecular flexibility index (Phi) is 11.0. The lowest BCUT2D eigenvalue weighted by Crippen LogP contribution is -2.53. The number of benzene rings is 2. The minimum Gasteiger partial charge on any atom is -0.342 e. The molecule has 2 aromatic rings. The molecule has 0 aromatic heterocycles. The number of carbonyl (C=O) groups excluding carboxylic acids is 1. The molecule has 0 spiro atoms. The highest BCUT2D eigenvalue weighted by Crippen LogP contribution is 2.38. The average Bonchev–Trinajstić information content (AvgIpc) is 2.78. The maximum atomic E-state index is 13.5. The number of halogens is 2. The molecular formula is C25H37Cl2N3O. The second-order valence-corrected chi connectivity index (χ2v) is 8.38. The van der Waals surface area contributed by atoms with Crippen LogP contribution in [0.15, 0.2) is 60.7 Å². The molecule has 31 heavy (non-hydrogen) atoms. The number of likely N-dealkylation sites (tertiary alicyclic amines) is 1. The lowest BCUT2D eigenvalue weighted by Gasteiger charge is -2.47. The Morgan fingerprint density at radius 2 is 1.52 bits per heavy atom. The molecule has 2 aromatic carbocycles. The normalized spacial score (nSPS) is 17.3. The molecule has 3 rings (SSSR count). The predicted octanol–water partition coefficient (Wildman–Crippen LogP) is 4.68. The van der Waals surface area contributed by atoms with Crippen molar-refractivity contribution in [1.82, 2.24) is 9.80 Å². The summed E-state index contributed by atoms with van der Waals surface area (Å²) >= 11 is 0. The third kappa shape index (κ3) is 5.81. The van der Waals surface area contributed by atoms with Gasteiger partial charge in [-0.3, -0.25) is 9.69 Å². The fourth-order valence-electron chi connectivity index (χ4n) is 4.96. The van der Waals surface area contributed by atoms with Crippen LogP contribution < -0.4 is 5.73 Å². The third-order valence-corrected chi connectivity index (χ3v) is 6.79. The molecule has 1 heterocycles. The molecule has 4 nitrogen and oxygen atoms in total. The molecule has 1 fully saturated rings. The number of hydrogen-bond donors (Lipinski definition) is 1. The Morgan fingerprint density at radius 3 is 1.97 bits per heavy atom. The van der Waals surface area contributed by atoms with E-state index in [1.54, 1.807) is 0 Å². The smallest absolute Gasteiger partial charge is 0.227 e. The van der Waals surface area contributed by atoms with Crippen LogP contribution in [0, 0.1) is 5.92 Å². The summed E-state index contributed by atoms with van der Waals surface area (Å²) in [6, 6.07) is 21.0. The van der Waals surface area contributed by atoms with E-state index in [0.29, 0.717) is 6.54 Å². The Hall–Kier alpha value is -1.59. The van der Waals surface area contributed by atoms with Crippen LogP contribution in [0.2, 0.25) is 0 Å². The molecule has 172 valence electrons. The molecular weight excluding hydrogens is 429 g/mol. The molecule has 1 aliphatic heterocycles. The van der Waals surface area contributed by atoms with Crippen molar-refractivity contribution < 1.29 is 4.79 Å². The van der Waals surface area contributed by atoms with Gasteiger partial charge in [-0.1, -0.05) is 67.6 Å². The summed E-state index contributed by atoms with van der Waals surface area (Å²) in [4.78, 5) is 17.8. The monoisotopic (exact) mass is 465 g/mol. The van der Waals surface area contributed by atoms with Crippen LogP contribution in [0.1, 0.15) is 43.2 Å². The highest BCUT2D eigenvalue weighted by Gasteiger charge is 2.41. The van der Waals surface area contributed by atoms with Crippen molar-refractivity contribution in [2.24, 2.45) is 11.7 Å². The summed E-state index contributed by atoms with van der Waals surface area (Å²) in [5, 5.41) is 0. The van der Waals surface area contributed by atoms with Gasteiger partial charge in [0.15, 0.2) is 0 Å². The van der Waals surface area contributed by atoms with E-state index in [2.05, 4.69) is 68.4 Å². The number of rotatable bonds is 7. The topological polar surface area (TPSA) is 49.6 Å². The van der Waals surface area contributed by atoms with Gasteiger partial charge in [0.2, 0.25) is 5.91 Å². The largest absolute Gasteiger partial charge is 0.342 e. The van der Waals surface area contributed by atoms with E-state index >= 15 is 0 Å². The van der Waals surface area contributed by atoms with Crippen molar-refractivity contribution in [2.45, 2.75) is 37.6 Å². The second kappa shape index (κ2) is 12.4. The highest BCUT2D eigenvalue weighted by atomic mass is 35.5. The van der Waals surface area contributed by atoms with Gasteiger partial charge < -0.3 is 10.6 Å². The summed E-state index contributed by atoms with van der Waals surface area (Å²) in [7, 11) is 4.30. The van der Waals surface area contributed by atoms with Crippen molar-refractivity contribution >= 4 is 30.7 Å². The van der Waals surface area contributed by atoms with E-state index in [-0.39, 0.29) is 48.1 Å². The van der Waals surface area contributed by atoms with Crippen molar-refractivity contribution in [2.75, 3.05) is 33.7 Å². The van der Waals surface area contributed by atoms with Crippen molar-refractivity contribution in [3.63, 3.8) is 0 Å². The number of nitrogens with two attached hydrogens (primary N) is 1. The maximum absolute atomic E-state index is 13.5. The van der Waals surface area contributed by atoms with E-state index in [1.165, 1.54) is 11.1 Å². The van der Waals surface area contributed by atoms with Gasteiger partial charge in [-0.05, 0) is 50.4 Å². The van der Waals surface area contributed by atoms with Crippen LogP contribution in [0.5, 0.6) is 0 Å². The number of carbonyl (C=O) groups is 1. The fraction of sp³-hybridized carbons (Fsp3) is 0.480. The molecule has 2 N–H and O–H groups in total. The SMILES string of the molecule is CC[C@@H](c1ccccc1)[C@@H](CN)C(=O)N1CCC(c2ccccc2)(N(C)C)CC1.Cl.Cl. The first-order chi connectivity index (χ1) is 14.0. The van der Waals surface area contributed by atoms with E-state index in [9.17, 15) is 4.79 Å². The number of piperidine rings is 1. The lowest BCUT2D eigenvalue weighted by molar-refractivity contribution is -0.138. The Morgan fingerprint density at radius 1 is 1.00 bits per heavy atom. The Bertz CT molecular complexity index is 778. The van der Waals surface area contributed by atoms with Crippen LogP contribution in [0.3, 0.4) is 0 Å². The summed E-state index contributed by atoms with van der Waals surface area (Å²) in [6.45, 7) is 4.08. The van der Waals surface area contributed by atoms with Crippen LogP contribution in [0.25, 0.3) is 0 Å². The molecule has 6 heteroatoms. The van der Waals surface area contributed by atoms with E-state index in [1.807, 2.05) is 23.1 Å². The Labute approximate surface area is 200 Å². The maximum Gasteiger partial charge on any atom is 0.227 e. The van der Waals surface area contributed by atoms with Crippen LogP contribution >= 0.6 is 24.8 Å². The molecule has 1 amide bonds. The van der Waals surface area contributed by atoms with Crippen molar-refractivity contribution in [3.05, 3.63) is 71.8 Å². The fourth-order valence-corrected chi connectivity index (χ4v) is 4.96. The highest BCUT2D eigenvalue weighted by molar-refractivity contribution is 5.85. The molecule has 0 bridgehead atoms. The van der Waals surface area contributed by atoms with Crippen molar-refractivity contribution in [3.8, 4) is 0 Å². The van der Waals surface area contributed by atoms with E-state index in [4.69, 9.17) is 5.73 Å². The van der Waals surface area contributed by atoms with Gasteiger partial charge >= 0.3 is 0 Å². The van der Waals surface area contributed by atoms with Gasteiger partial charge in [0.1, 0.15) is 0 Å². The summed E-state index contributed by atoms with van der Waals surface area (Å²) in [5.74, 6) is 0.220.